The summed E-state index contributed by atoms with van der Waals surface area (Å²) in [6.07, 6.45) is 4.64. The molecule has 0 atom stereocenters. The maximum absolute atomic E-state index is 6.20. The number of aryl methyl sites for hydroxylation is 1. The van der Waals surface area contributed by atoms with Crippen molar-refractivity contribution in [1.29, 1.82) is 0 Å². The van der Waals surface area contributed by atoms with Crippen molar-refractivity contribution in [2.24, 2.45) is 0 Å². The third-order valence-electron chi connectivity index (χ3n) is 3.76. The largest absolute Gasteiger partial charge is 0.436 e. The second-order valence-electron chi connectivity index (χ2n) is 5.08. The SMILES string of the molecule is Nc1sc2c(c1-c1nc3cc(Cl)ccc3o1)CCCC2. The number of anilines is 1. The highest BCUT2D eigenvalue weighted by Crippen LogP contribution is 2.42. The lowest BCUT2D eigenvalue weighted by Gasteiger charge is -2.10. The molecule has 0 fully saturated rings. The summed E-state index contributed by atoms with van der Waals surface area (Å²) in [6, 6.07) is 5.48. The summed E-state index contributed by atoms with van der Waals surface area (Å²) >= 11 is 7.67. The summed E-state index contributed by atoms with van der Waals surface area (Å²) in [6.45, 7) is 0. The average molecular weight is 305 g/mol. The summed E-state index contributed by atoms with van der Waals surface area (Å²) in [4.78, 5) is 5.95. The fraction of sp³-hybridized carbons (Fsp3) is 0.267. The monoisotopic (exact) mass is 304 g/mol. The predicted octanol–water partition coefficient (Wildman–Crippen LogP) is 4.67. The maximum Gasteiger partial charge on any atom is 0.230 e. The lowest BCUT2D eigenvalue weighted by atomic mass is 9.95. The van der Waals surface area contributed by atoms with Gasteiger partial charge in [-0.05, 0) is 49.4 Å². The molecule has 0 saturated carbocycles. The van der Waals surface area contributed by atoms with Gasteiger partial charge in [-0.1, -0.05) is 11.6 Å². The molecule has 2 heterocycles. The van der Waals surface area contributed by atoms with Gasteiger partial charge in [-0.25, -0.2) is 4.98 Å². The number of nitrogen functional groups attached to an aromatic ring is 1. The molecular formula is C15H13ClN2OS. The third kappa shape index (κ3) is 1.83. The van der Waals surface area contributed by atoms with Gasteiger partial charge < -0.3 is 10.2 Å². The van der Waals surface area contributed by atoms with Gasteiger partial charge in [-0.2, -0.15) is 0 Å². The molecule has 0 bridgehead atoms. The van der Waals surface area contributed by atoms with Crippen molar-refractivity contribution < 1.29 is 4.42 Å². The lowest BCUT2D eigenvalue weighted by Crippen LogP contribution is -1.99. The molecular weight excluding hydrogens is 292 g/mol. The number of nitrogens with zero attached hydrogens (tertiary/aromatic N) is 1. The molecule has 20 heavy (non-hydrogen) atoms. The molecule has 0 unspecified atom stereocenters. The van der Waals surface area contributed by atoms with Crippen molar-refractivity contribution in [3.05, 3.63) is 33.7 Å². The van der Waals surface area contributed by atoms with Gasteiger partial charge in [0.2, 0.25) is 5.89 Å². The Balaban J connectivity index is 1.92. The minimum atomic E-state index is 0.624. The van der Waals surface area contributed by atoms with E-state index in [-0.39, 0.29) is 0 Å². The van der Waals surface area contributed by atoms with Gasteiger partial charge in [0.15, 0.2) is 5.58 Å². The summed E-state index contributed by atoms with van der Waals surface area (Å²) in [7, 11) is 0. The van der Waals surface area contributed by atoms with Crippen molar-refractivity contribution in [3.8, 4) is 11.5 Å². The summed E-state index contributed by atoms with van der Waals surface area (Å²) in [5, 5.41) is 1.48. The highest BCUT2D eigenvalue weighted by Gasteiger charge is 2.23. The molecule has 2 aromatic heterocycles. The van der Waals surface area contributed by atoms with Gasteiger partial charge in [-0.15, -0.1) is 11.3 Å². The van der Waals surface area contributed by atoms with Crippen molar-refractivity contribution in [1.82, 2.24) is 4.98 Å². The van der Waals surface area contributed by atoms with E-state index >= 15 is 0 Å². The van der Waals surface area contributed by atoms with E-state index in [2.05, 4.69) is 4.98 Å². The number of thiophene rings is 1. The predicted molar refractivity (Wildman–Crippen MR) is 83.4 cm³/mol. The molecule has 3 aromatic rings. The first-order chi connectivity index (χ1) is 9.72. The number of halogens is 1. The molecule has 1 aromatic carbocycles. The maximum atomic E-state index is 6.20. The number of aromatic nitrogens is 1. The molecule has 0 aliphatic heterocycles. The number of hydrogen-bond acceptors (Lipinski definition) is 4. The van der Waals surface area contributed by atoms with Gasteiger partial charge >= 0.3 is 0 Å². The average Bonchev–Trinajstić information content (AvgIpc) is 2.97. The first-order valence-corrected chi connectivity index (χ1v) is 7.88. The zero-order valence-corrected chi connectivity index (χ0v) is 12.4. The Bertz CT molecular complexity index is 806. The van der Waals surface area contributed by atoms with E-state index in [4.69, 9.17) is 21.8 Å². The van der Waals surface area contributed by atoms with E-state index in [1.807, 2.05) is 18.2 Å². The second-order valence-corrected chi connectivity index (χ2v) is 6.65. The standard InChI is InChI=1S/C15H13ClN2OS/c16-8-5-6-11-10(7-8)18-15(19-11)13-9-3-1-2-4-12(9)20-14(13)17/h5-7H,1-4,17H2. The molecule has 1 aliphatic carbocycles. The second kappa shape index (κ2) is 4.50. The molecule has 4 rings (SSSR count). The molecule has 5 heteroatoms. The van der Waals surface area contributed by atoms with Gasteiger partial charge in [0.25, 0.3) is 0 Å². The number of oxazole rings is 1. The van der Waals surface area contributed by atoms with E-state index in [0.717, 1.165) is 34.5 Å². The van der Waals surface area contributed by atoms with Crippen LogP contribution < -0.4 is 5.73 Å². The Morgan fingerprint density at radius 1 is 1.25 bits per heavy atom. The lowest BCUT2D eigenvalue weighted by molar-refractivity contribution is 0.617. The molecule has 3 nitrogen and oxygen atoms in total. The van der Waals surface area contributed by atoms with Crippen LogP contribution in [0.2, 0.25) is 5.02 Å². The minimum absolute atomic E-state index is 0.624. The zero-order chi connectivity index (χ0) is 13.7. The molecule has 102 valence electrons. The fourth-order valence-corrected chi connectivity index (χ4v) is 4.15. The van der Waals surface area contributed by atoms with Crippen LogP contribution >= 0.6 is 22.9 Å². The van der Waals surface area contributed by atoms with Gasteiger partial charge in [0.05, 0.1) is 10.6 Å². The van der Waals surface area contributed by atoms with E-state index in [0.29, 0.717) is 10.9 Å². The number of hydrogen-bond donors (Lipinski definition) is 1. The number of nitrogens with two attached hydrogens (primary N) is 1. The molecule has 0 spiro atoms. The van der Waals surface area contributed by atoms with Gasteiger partial charge in [0.1, 0.15) is 5.52 Å². The van der Waals surface area contributed by atoms with Crippen LogP contribution in [0.5, 0.6) is 0 Å². The van der Waals surface area contributed by atoms with Gasteiger partial charge in [0, 0.05) is 9.90 Å². The molecule has 2 N–H and O–H groups in total. The molecule has 1 aliphatic rings. The first kappa shape index (κ1) is 12.2. The van der Waals surface area contributed by atoms with E-state index in [9.17, 15) is 0 Å². The Kier molecular flexibility index (Phi) is 2.75. The highest BCUT2D eigenvalue weighted by molar-refractivity contribution is 7.16. The molecule has 0 saturated heterocycles. The van der Waals surface area contributed by atoms with E-state index in [1.165, 1.54) is 23.3 Å². The quantitative estimate of drug-likeness (QED) is 0.710. The van der Waals surface area contributed by atoms with E-state index in [1.54, 1.807) is 11.3 Å². The molecule has 0 amide bonds. The summed E-state index contributed by atoms with van der Waals surface area (Å²) in [5.41, 5.74) is 10.1. The minimum Gasteiger partial charge on any atom is -0.436 e. The Morgan fingerprint density at radius 3 is 3.00 bits per heavy atom. The first-order valence-electron chi connectivity index (χ1n) is 6.69. The van der Waals surface area contributed by atoms with Crippen molar-refractivity contribution in [3.63, 3.8) is 0 Å². The third-order valence-corrected chi connectivity index (χ3v) is 5.12. The van der Waals surface area contributed by atoms with Crippen LogP contribution in [0.1, 0.15) is 23.3 Å². The van der Waals surface area contributed by atoms with Crippen LogP contribution in [-0.4, -0.2) is 4.98 Å². The Hall–Kier alpha value is -1.52. The van der Waals surface area contributed by atoms with E-state index < -0.39 is 0 Å². The molecule has 0 radical (unpaired) electrons. The van der Waals surface area contributed by atoms with Crippen LogP contribution in [0.3, 0.4) is 0 Å². The number of fused-ring (bicyclic) bond motifs is 2. The van der Waals surface area contributed by atoms with Crippen LogP contribution in [0, 0.1) is 0 Å². The van der Waals surface area contributed by atoms with Crippen LogP contribution in [0.25, 0.3) is 22.6 Å². The number of benzene rings is 1. The van der Waals surface area contributed by atoms with Crippen LogP contribution in [-0.2, 0) is 12.8 Å². The van der Waals surface area contributed by atoms with Crippen LogP contribution in [0.4, 0.5) is 5.00 Å². The Labute approximate surface area is 125 Å². The summed E-state index contributed by atoms with van der Waals surface area (Å²) < 4.78 is 5.87. The smallest absolute Gasteiger partial charge is 0.230 e. The van der Waals surface area contributed by atoms with Gasteiger partial charge in [-0.3, -0.25) is 0 Å². The number of rotatable bonds is 1. The normalized spacial score (nSPS) is 14.7. The van der Waals surface area contributed by atoms with Crippen molar-refractivity contribution in [2.45, 2.75) is 25.7 Å². The van der Waals surface area contributed by atoms with Crippen molar-refractivity contribution in [2.75, 3.05) is 5.73 Å². The fourth-order valence-electron chi connectivity index (χ4n) is 2.83. The van der Waals surface area contributed by atoms with Crippen molar-refractivity contribution >= 4 is 39.0 Å². The Morgan fingerprint density at radius 2 is 2.10 bits per heavy atom. The van der Waals surface area contributed by atoms with Crippen LogP contribution in [0.15, 0.2) is 22.6 Å². The highest BCUT2D eigenvalue weighted by atomic mass is 35.5. The topological polar surface area (TPSA) is 52.0 Å². The zero-order valence-electron chi connectivity index (χ0n) is 10.8. The summed E-state index contributed by atoms with van der Waals surface area (Å²) in [5.74, 6) is 0.624.